The van der Waals surface area contributed by atoms with Crippen LogP contribution in [-0.4, -0.2) is 79.8 Å². The van der Waals surface area contributed by atoms with Crippen molar-refractivity contribution in [1.29, 1.82) is 0 Å². The van der Waals surface area contributed by atoms with Crippen molar-refractivity contribution < 1.29 is 14.8 Å². The predicted molar refractivity (Wildman–Crippen MR) is 171 cm³/mol. The van der Waals surface area contributed by atoms with E-state index in [9.17, 15) is 14.8 Å². The molecule has 2 aliphatic rings. The van der Waals surface area contributed by atoms with Crippen molar-refractivity contribution in [2.75, 3.05) is 32.7 Å². The molecule has 2 aliphatic heterocycles. The number of benzene rings is 3. The number of amides is 2. The third-order valence-corrected chi connectivity index (χ3v) is 10.5. The number of tetrazole rings is 1. The second kappa shape index (κ2) is 12.9. The number of aromatic nitrogens is 4. The highest BCUT2D eigenvalue weighted by atomic mass is 35.5. The van der Waals surface area contributed by atoms with Gasteiger partial charge in [-0.25, -0.2) is 10.2 Å². The summed E-state index contributed by atoms with van der Waals surface area (Å²) in [6.07, 6.45) is 4.25. The topological polar surface area (TPSA) is 116 Å². The zero-order valence-corrected chi connectivity index (χ0v) is 26.5. The molecule has 0 aliphatic carbocycles. The van der Waals surface area contributed by atoms with Crippen LogP contribution in [-0.2, 0) is 15.6 Å². The highest BCUT2D eigenvalue weighted by Gasteiger charge is 2.45. The molecule has 3 heterocycles. The van der Waals surface area contributed by atoms with E-state index >= 15 is 0 Å². The van der Waals surface area contributed by atoms with Gasteiger partial charge in [-0.3, -0.25) is 14.8 Å². The van der Waals surface area contributed by atoms with E-state index in [1.807, 2.05) is 84.0 Å². The standard InChI is InChI=1S/C33H35Cl2N7O3/c1-23-7-9-26(42-22-36-38-39-42)20-27(23)30(43)41-18-12-32(21-41,25-8-10-28(34)29(35)19-25)11-15-40-16-13-33(14-17-40,31(44)37-45)24-5-3-2-4-6-24/h2-10,19-20,22,45H,11-18,21H2,1H3,(H,37,44)/t32-/m0/s1. The second-order valence-electron chi connectivity index (χ2n) is 12.1. The van der Waals surface area contributed by atoms with Gasteiger partial charge in [-0.2, -0.15) is 0 Å². The Labute approximate surface area is 271 Å². The number of halogens is 2. The van der Waals surface area contributed by atoms with Crippen molar-refractivity contribution in [1.82, 2.24) is 35.5 Å². The number of hydrogen-bond acceptors (Lipinski definition) is 7. The van der Waals surface area contributed by atoms with Gasteiger partial charge in [0.1, 0.15) is 6.33 Å². The summed E-state index contributed by atoms with van der Waals surface area (Å²) in [6.45, 7) is 5.25. The lowest BCUT2D eigenvalue weighted by molar-refractivity contribution is -0.137. The highest BCUT2D eigenvalue weighted by Crippen LogP contribution is 2.42. The Balaban J connectivity index is 1.22. The number of piperidine rings is 1. The quantitative estimate of drug-likeness (QED) is 0.204. The van der Waals surface area contributed by atoms with Crippen molar-refractivity contribution >= 4 is 35.0 Å². The number of likely N-dealkylation sites (tertiary alicyclic amines) is 2. The van der Waals surface area contributed by atoms with Crippen molar-refractivity contribution in [3.05, 3.63) is 105 Å². The first-order chi connectivity index (χ1) is 21.7. The number of hydroxylamine groups is 1. The molecule has 234 valence electrons. The number of hydrogen-bond donors (Lipinski definition) is 2. The third kappa shape index (κ3) is 6.07. The summed E-state index contributed by atoms with van der Waals surface area (Å²) in [5.41, 5.74) is 4.99. The monoisotopic (exact) mass is 647 g/mol. The van der Waals surface area contributed by atoms with E-state index < -0.39 is 5.41 Å². The van der Waals surface area contributed by atoms with Crippen LogP contribution in [0.2, 0.25) is 10.0 Å². The molecule has 0 unspecified atom stereocenters. The summed E-state index contributed by atoms with van der Waals surface area (Å²) in [4.78, 5) is 31.2. The van der Waals surface area contributed by atoms with E-state index in [0.29, 0.717) is 54.6 Å². The molecule has 0 radical (unpaired) electrons. The fraction of sp³-hybridized carbons (Fsp3) is 0.364. The molecule has 10 nitrogen and oxygen atoms in total. The van der Waals surface area contributed by atoms with Crippen LogP contribution >= 0.6 is 23.2 Å². The molecule has 2 fully saturated rings. The highest BCUT2D eigenvalue weighted by molar-refractivity contribution is 6.42. The van der Waals surface area contributed by atoms with Gasteiger partial charge in [0, 0.05) is 24.1 Å². The van der Waals surface area contributed by atoms with Crippen molar-refractivity contribution in [3.63, 3.8) is 0 Å². The summed E-state index contributed by atoms with van der Waals surface area (Å²) in [5.74, 6) is -0.407. The fourth-order valence-electron chi connectivity index (χ4n) is 6.93. The molecular formula is C33H35Cl2N7O3. The van der Waals surface area contributed by atoms with Crippen LogP contribution in [0.25, 0.3) is 5.69 Å². The van der Waals surface area contributed by atoms with Crippen LogP contribution in [0.1, 0.15) is 52.7 Å². The molecule has 6 rings (SSSR count). The third-order valence-electron chi connectivity index (χ3n) is 9.72. The van der Waals surface area contributed by atoms with Gasteiger partial charge in [-0.1, -0.05) is 65.7 Å². The zero-order chi connectivity index (χ0) is 31.6. The lowest BCUT2D eigenvalue weighted by Crippen LogP contribution is -2.51. The molecular weight excluding hydrogens is 613 g/mol. The van der Waals surface area contributed by atoms with Crippen molar-refractivity contribution in [2.24, 2.45) is 0 Å². The maximum absolute atomic E-state index is 14.0. The molecule has 12 heteroatoms. The summed E-state index contributed by atoms with van der Waals surface area (Å²) in [6, 6.07) is 21.1. The van der Waals surface area contributed by atoms with Gasteiger partial charge in [-0.15, -0.1) is 5.10 Å². The Hall–Kier alpha value is -3.83. The molecule has 0 spiro atoms. The van der Waals surface area contributed by atoms with E-state index in [0.717, 1.165) is 41.8 Å². The van der Waals surface area contributed by atoms with E-state index in [2.05, 4.69) is 20.4 Å². The maximum Gasteiger partial charge on any atom is 0.254 e. The predicted octanol–water partition coefficient (Wildman–Crippen LogP) is 4.99. The summed E-state index contributed by atoms with van der Waals surface area (Å²) >= 11 is 12.8. The zero-order valence-electron chi connectivity index (χ0n) is 25.0. The van der Waals surface area contributed by atoms with E-state index in [4.69, 9.17) is 23.2 Å². The van der Waals surface area contributed by atoms with E-state index in [1.165, 1.54) is 11.0 Å². The molecule has 1 atom stereocenters. The van der Waals surface area contributed by atoms with Crippen LogP contribution in [0.5, 0.6) is 0 Å². The number of rotatable bonds is 8. The Bertz CT molecular complexity index is 1680. The normalized spacial score (nSPS) is 19.9. The number of carbonyl (C=O) groups excluding carboxylic acids is 2. The molecule has 0 bridgehead atoms. The molecule has 1 aromatic heterocycles. The minimum absolute atomic E-state index is 0.0370. The molecule has 3 aromatic carbocycles. The van der Waals surface area contributed by atoms with Crippen LogP contribution < -0.4 is 5.48 Å². The first-order valence-corrected chi connectivity index (χ1v) is 15.8. The number of carbonyl (C=O) groups is 2. The van der Waals surface area contributed by atoms with E-state index in [1.54, 1.807) is 0 Å². The lowest BCUT2D eigenvalue weighted by Gasteiger charge is -2.41. The first-order valence-electron chi connectivity index (χ1n) is 15.1. The van der Waals surface area contributed by atoms with Gasteiger partial charge < -0.3 is 9.80 Å². The minimum atomic E-state index is -0.779. The number of nitrogens with zero attached hydrogens (tertiary/aromatic N) is 6. The minimum Gasteiger partial charge on any atom is -0.338 e. The van der Waals surface area contributed by atoms with Crippen LogP contribution in [0.15, 0.2) is 73.1 Å². The molecule has 2 amide bonds. The Kier molecular flexibility index (Phi) is 8.92. The van der Waals surface area contributed by atoms with Crippen LogP contribution in [0.4, 0.5) is 0 Å². The van der Waals surface area contributed by atoms with Gasteiger partial charge in [0.25, 0.3) is 11.8 Å². The molecule has 2 saturated heterocycles. The van der Waals surface area contributed by atoms with Gasteiger partial charge in [0.15, 0.2) is 0 Å². The molecule has 0 saturated carbocycles. The molecule has 2 N–H and O–H groups in total. The van der Waals surface area contributed by atoms with Gasteiger partial charge in [-0.05, 0) is 104 Å². The average molecular weight is 649 g/mol. The fourth-order valence-corrected chi connectivity index (χ4v) is 7.23. The van der Waals surface area contributed by atoms with E-state index in [-0.39, 0.29) is 17.2 Å². The van der Waals surface area contributed by atoms with Crippen molar-refractivity contribution in [2.45, 2.75) is 43.4 Å². The average Bonchev–Trinajstić information content (AvgIpc) is 3.77. The van der Waals surface area contributed by atoms with Gasteiger partial charge in [0.2, 0.25) is 0 Å². The Morgan fingerprint density at radius 2 is 1.71 bits per heavy atom. The summed E-state index contributed by atoms with van der Waals surface area (Å²) < 4.78 is 1.54. The number of nitrogens with one attached hydrogen (secondary N) is 1. The van der Waals surface area contributed by atoms with Crippen molar-refractivity contribution in [3.8, 4) is 5.69 Å². The summed E-state index contributed by atoms with van der Waals surface area (Å²) in [7, 11) is 0. The van der Waals surface area contributed by atoms with Gasteiger partial charge >= 0.3 is 0 Å². The lowest BCUT2D eigenvalue weighted by atomic mass is 9.71. The van der Waals surface area contributed by atoms with Crippen LogP contribution in [0, 0.1) is 6.92 Å². The molecule has 45 heavy (non-hydrogen) atoms. The molecule has 4 aromatic rings. The van der Waals surface area contributed by atoms with Crippen LogP contribution in [0.3, 0.4) is 0 Å². The Morgan fingerprint density at radius 3 is 2.40 bits per heavy atom. The Morgan fingerprint density at radius 1 is 0.933 bits per heavy atom. The number of aryl methyl sites for hydroxylation is 1. The van der Waals surface area contributed by atoms with Gasteiger partial charge in [0.05, 0.1) is 21.1 Å². The summed E-state index contributed by atoms with van der Waals surface area (Å²) in [5, 5.41) is 22.0. The second-order valence-corrected chi connectivity index (χ2v) is 12.9. The first kappa shape index (κ1) is 31.2. The smallest absolute Gasteiger partial charge is 0.254 e. The maximum atomic E-state index is 14.0. The largest absolute Gasteiger partial charge is 0.338 e. The SMILES string of the molecule is Cc1ccc(-n2cnnn2)cc1C(=O)N1CC[C@](CCN2CCC(C(=O)NO)(c3ccccc3)CC2)(c2ccc(Cl)c(Cl)c2)C1.